The number of amidine groups is 1. The molecule has 0 atom stereocenters. The number of nitrogens with one attached hydrogen (secondary N) is 1. The van der Waals surface area contributed by atoms with Gasteiger partial charge in [-0.25, -0.2) is 0 Å². The van der Waals surface area contributed by atoms with Crippen LogP contribution in [-0.2, 0) is 6.18 Å². The fraction of sp³-hybridized carbons (Fsp3) is 0.357. The molecular formula is C14H13F3N4S. The monoisotopic (exact) mass is 326 g/mol. The van der Waals surface area contributed by atoms with Gasteiger partial charge >= 0.3 is 6.18 Å². The summed E-state index contributed by atoms with van der Waals surface area (Å²) in [7, 11) is 1.69. The molecule has 0 saturated carbocycles. The highest BCUT2D eigenvalue weighted by Gasteiger charge is 2.45. The molecule has 1 N–H and O–H groups in total. The van der Waals surface area contributed by atoms with E-state index in [0.717, 1.165) is 12.1 Å². The summed E-state index contributed by atoms with van der Waals surface area (Å²) in [6, 6.07) is 4.85. The number of benzene rings is 1. The van der Waals surface area contributed by atoms with Gasteiger partial charge < -0.3 is 4.90 Å². The molecule has 8 heteroatoms. The molecule has 1 aromatic carbocycles. The van der Waals surface area contributed by atoms with Crippen molar-refractivity contribution in [3.05, 3.63) is 29.3 Å². The van der Waals surface area contributed by atoms with Crippen molar-refractivity contribution in [3.63, 3.8) is 0 Å². The van der Waals surface area contributed by atoms with Crippen LogP contribution in [0, 0.1) is 16.7 Å². The molecule has 1 fully saturated rings. The summed E-state index contributed by atoms with van der Waals surface area (Å²) in [6.07, 6.45) is -4.65. The molecule has 1 aliphatic rings. The first kappa shape index (κ1) is 16.2. The van der Waals surface area contributed by atoms with E-state index in [1.165, 1.54) is 17.0 Å². The van der Waals surface area contributed by atoms with Gasteiger partial charge in [-0.3, -0.25) is 10.3 Å². The predicted molar refractivity (Wildman–Crippen MR) is 80.8 cm³/mol. The highest BCUT2D eigenvalue weighted by Crippen LogP contribution is 2.37. The lowest BCUT2D eigenvalue weighted by Crippen LogP contribution is -2.41. The van der Waals surface area contributed by atoms with E-state index in [-0.39, 0.29) is 16.6 Å². The fourth-order valence-corrected chi connectivity index (χ4v) is 2.59. The van der Waals surface area contributed by atoms with E-state index in [9.17, 15) is 13.2 Å². The molecule has 1 aliphatic heterocycles. The van der Waals surface area contributed by atoms with Gasteiger partial charge in [-0.1, -0.05) is 0 Å². The van der Waals surface area contributed by atoms with E-state index in [1.807, 2.05) is 0 Å². The minimum atomic E-state index is -4.65. The van der Waals surface area contributed by atoms with Crippen molar-refractivity contribution in [2.24, 2.45) is 0 Å². The average molecular weight is 326 g/mol. The highest BCUT2D eigenvalue weighted by atomic mass is 32.1. The Labute approximate surface area is 131 Å². The normalized spacial score (nSPS) is 17.9. The van der Waals surface area contributed by atoms with Gasteiger partial charge in [0.05, 0.1) is 28.4 Å². The number of anilines is 1. The van der Waals surface area contributed by atoms with Crippen molar-refractivity contribution >= 4 is 28.9 Å². The molecular weight excluding hydrogens is 313 g/mol. The van der Waals surface area contributed by atoms with Crippen LogP contribution in [0.2, 0.25) is 0 Å². The maximum absolute atomic E-state index is 13.1. The summed E-state index contributed by atoms with van der Waals surface area (Å²) >= 11 is 5.23. The Morgan fingerprint density at radius 1 is 1.32 bits per heavy atom. The molecule has 0 amide bonds. The van der Waals surface area contributed by atoms with Crippen LogP contribution in [0.15, 0.2) is 18.2 Å². The van der Waals surface area contributed by atoms with Crippen LogP contribution < -0.4 is 4.90 Å². The van der Waals surface area contributed by atoms with Crippen LogP contribution in [0.5, 0.6) is 0 Å². The van der Waals surface area contributed by atoms with Crippen molar-refractivity contribution in [2.45, 2.75) is 25.6 Å². The zero-order chi connectivity index (χ0) is 16.9. The third kappa shape index (κ3) is 2.31. The van der Waals surface area contributed by atoms with E-state index < -0.39 is 22.8 Å². The third-order valence-electron chi connectivity index (χ3n) is 3.81. The molecule has 1 aromatic rings. The van der Waals surface area contributed by atoms with Crippen molar-refractivity contribution in [1.29, 1.82) is 10.7 Å². The summed E-state index contributed by atoms with van der Waals surface area (Å²) < 4.78 is 39.2. The molecule has 0 spiro atoms. The number of hydrogen-bond acceptors (Lipinski definition) is 3. The maximum atomic E-state index is 13.1. The first-order valence-corrected chi connectivity index (χ1v) is 6.71. The quantitative estimate of drug-likeness (QED) is 0.804. The Kier molecular flexibility index (Phi) is 3.65. The highest BCUT2D eigenvalue weighted by molar-refractivity contribution is 7.80. The zero-order valence-electron chi connectivity index (χ0n) is 12.1. The Balaban J connectivity index is 2.58. The number of alkyl halides is 3. The molecule has 1 saturated heterocycles. The van der Waals surface area contributed by atoms with Crippen molar-refractivity contribution in [2.75, 3.05) is 11.9 Å². The van der Waals surface area contributed by atoms with E-state index in [1.54, 1.807) is 25.8 Å². The maximum Gasteiger partial charge on any atom is 0.417 e. The van der Waals surface area contributed by atoms with Crippen molar-refractivity contribution in [3.8, 4) is 6.07 Å². The Bertz CT molecular complexity index is 703. The van der Waals surface area contributed by atoms with Crippen LogP contribution in [0.4, 0.5) is 18.9 Å². The van der Waals surface area contributed by atoms with Gasteiger partial charge in [-0.2, -0.15) is 18.4 Å². The summed E-state index contributed by atoms with van der Waals surface area (Å²) in [4.78, 5) is 2.93. The first-order valence-electron chi connectivity index (χ1n) is 6.30. The second-order valence-corrected chi connectivity index (χ2v) is 5.79. The summed E-state index contributed by atoms with van der Waals surface area (Å²) in [6.45, 7) is 3.52. The second kappa shape index (κ2) is 4.95. The number of rotatable bonds is 1. The van der Waals surface area contributed by atoms with E-state index in [2.05, 4.69) is 0 Å². The third-order valence-corrected chi connectivity index (χ3v) is 4.26. The average Bonchev–Trinajstić information content (AvgIpc) is 2.58. The van der Waals surface area contributed by atoms with Gasteiger partial charge in [0.25, 0.3) is 0 Å². The zero-order valence-corrected chi connectivity index (χ0v) is 12.9. The number of halogens is 3. The molecule has 0 aliphatic carbocycles. The van der Waals surface area contributed by atoms with Crippen LogP contribution in [-0.4, -0.2) is 28.4 Å². The van der Waals surface area contributed by atoms with Gasteiger partial charge in [0.15, 0.2) is 5.11 Å². The Morgan fingerprint density at radius 2 is 1.91 bits per heavy atom. The molecule has 1 heterocycles. The molecule has 2 rings (SSSR count). The van der Waals surface area contributed by atoms with Gasteiger partial charge in [0, 0.05) is 7.05 Å². The minimum absolute atomic E-state index is 0.0813. The molecule has 0 aromatic heterocycles. The molecule has 4 nitrogen and oxygen atoms in total. The number of likely N-dealkylation sites (N-methyl/N-ethyl adjacent to an activating group) is 1. The van der Waals surface area contributed by atoms with Crippen LogP contribution in [0.1, 0.15) is 25.0 Å². The van der Waals surface area contributed by atoms with Crippen LogP contribution in [0.25, 0.3) is 0 Å². The van der Waals surface area contributed by atoms with Gasteiger partial charge in [-0.15, -0.1) is 0 Å². The number of hydrogen-bond donors (Lipinski definition) is 1. The predicted octanol–water partition coefficient (Wildman–Crippen LogP) is 3.37. The Hall–Kier alpha value is -2.14. The largest absolute Gasteiger partial charge is 0.417 e. The number of nitrogens with zero attached hydrogens (tertiary/aromatic N) is 3. The lowest BCUT2D eigenvalue weighted by Gasteiger charge is -2.25. The van der Waals surface area contributed by atoms with E-state index in [0.29, 0.717) is 0 Å². The second-order valence-electron chi connectivity index (χ2n) is 5.42. The van der Waals surface area contributed by atoms with Crippen molar-refractivity contribution < 1.29 is 13.2 Å². The molecule has 22 heavy (non-hydrogen) atoms. The van der Waals surface area contributed by atoms with Gasteiger partial charge in [-0.05, 0) is 44.3 Å². The smallest absolute Gasteiger partial charge is 0.339 e. The first-order chi connectivity index (χ1) is 10.0. The number of thiocarbonyl (C=S) groups is 1. The van der Waals surface area contributed by atoms with Gasteiger partial charge in [0.2, 0.25) is 0 Å². The molecule has 0 unspecified atom stereocenters. The molecule has 0 bridgehead atoms. The SMILES string of the molecule is CN1C(=S)N(c2ccc(C#N)c(C(F)(F)F)c2)C(=N)C1(C)C. The van der Waals surface area contributed by atoms with E-state index in [4.69, 9.17) is 22.9 Å². The van der Waals surface area contributed by atoms with Crippen LogP contribution >= 0.6 is 12.2 Å². The van der Waals surface area contributed by atoms with Crippen LogP contribution in [0.3, 0.4) is 0 Å². The fourth-order valence-electron chi connectivity index (χ4n) is 2.16. The number of nitriles is 1. The molecule has 116 valence electrons. The summed E-state index contributed by atoms with van der Waals surface area (Å²) in [5, 5.41) is 17.3. The Morgan fingerprint density at radius 3 is 2.32 bits per heavy atom. The van der Waals surface area contributed by atoms with E-state index >= 15 is 0 Å². The standard InChI is InChI=1S/C14H13F3N4S/c1-13(2)11(19)21(12(22)20(13)3)9-5-4-8(7-18)10(6-9)14(15,16)17/h4-6,19H,1-3H3. The lowest BCUT2D eigenvalue weighted by atomic mass is 10.0. The minimum Gasteiger partial charge on any atom is -0.339 e. The topological polar surface area (TPSA) is 54.1 Å². The lowest BCUT2D eigenvalue weighted by molar-refractivity contribution is -0.137. The molecule has 0 radical (unpaired) electrons. The van der Waals surface area contributed by atoms with Crippen molar-refractivity contribution in [1.82, 2.24) is 4.90 Å². The van der Waals surface area contributed by atoms with Gasteiger partial charge in [0.1, 0.15) is 5.84 Å². The summed E-state index contributed by atoms with van der Waals surface area (Å²) in [5.41, 5.74) is -2.08. The summed E-state index contributed by atoms with van der Waals surface area (Å²) in [5.74, 6) is 0.0813.